The molecule has 21 heavy (non-hydrogen) atoms. The molecule has 0 heterocycles. The summed E-state index contributed by atoms with van der Waals surface area (Å²) in [5.74, 6) is -0.943. The summed E-state index contributed by atoms with van der Waals surface area (Å²) in [5, 5.41) is 0.583. The molecular formula is C16H14BrClFNO. The minimum absolute atomic E-state index is 0.0331. The number of hydrogen-bond acceptors (Lipinski definition) is 1. The predicted molar refractivity (Wildman–Crippen MR) is 86.1 cm³/mol. The van der Waals surface area contributed by atoms with Crippen LogP contribution in [0.25, 0.3) is 0 Å². The summed E-state index contributed by atoms with van der Waals surface area (Å²) < 4.78 is 14.3. The molecule has 0 aliphatic rings. The summed E-state index contributed by atoms with van der Waals surface area (Å²) in [7, 11) is 1.64. The van der Waals surface area contributed by atoms with E-state index in [1.54, 1.807) is 25.2 Å². The van der Waals surface area contributed by atoms with Gasteiger partial charge in [0.05, 0.1) is 16.1 Å². The van der Waals surface area contributed by atoms with Crippen LogP contribution in [0.4, 0.5) is 4.39 Å². The minimum Gasteiger partial charge on any atom is -0.335 e. The van der Waals surface area contributed by atoms with Crippen LogP contribution in [0.3, 0.4) is 0 Å². The van der Waals surface area contributed by atoms with Crippen LogP contribution in [0.15, 0.2) is 46.9 Å². The Hall–Kier alpha value is -1.39. The van der Waals surface area contributed by atoms with Crippen LogP contribution in [0.5, 0.6) is 0 Å². The Labute approximate surface area is 136 Å². The van der Waals surface area contributed by atoms with Crippen LogP contribution < -0.4 is 0 Å². The molecule has 0 aromatic heterocycles. The first-order chi connectivity index (χ1) is 9.93. The van der Waals surface area contributed by atoms with Gasteiger partial charge < -0.3 is 4.90 Å². The second-order valence-corrected chi connectivity index (χ2v) is 5.98. The first-order valence-electron chi connectivity index (χ1n) is 6.39. The molecule has 0 aliphatic heterocycles. The fraction of sp³-hybridized carbons (Fsp3) is 0.188. The Morgan fingerprint density at radius 1 is 1.24 bits per heavy atom. The lowest BCUT2D eigenvalue weighted by molar-refractivity contribution is 0.0738. The van der Waals surface area contributed by atoms with E-state index in [1.165, 1.54) is 11.0 Å². The first-order valence-corrected chi connectivity index (χ1v) is 7.56. The summed E-state index contributed by atoms with van der Waals surface area (Å²) in [6.07, 6.45) is 0. The molecule has 110 valence electrons. The highest BCUT2D eigenvalue weighted by Crippen LogP contribution is 2.28. The highest BCUT2D eigenvalue weighted by Gasteiger charge is 2.23. The highest BCUT2D eigenvalue weighted by atomic mass is 79.9. The molecule has 0 fully saturated rings. The van der Waals surface area contributed by atoms with Gasteiger partial charge in [-0.25, -0.2) is 4.39 Å². The van der Waals surface area contributed by atoms with Crippen molar-refractivity contribution in [2.45, 2.75) is 13.0 Å². The standard InChI is InChI=1S/C16H14BrClFNO/c1-10(11-6-3-4-9-14(11)18)20(2)16(21)12-7-5-8-13(17)15(12)19/h3-10H,1-2H3. The molecule has 1 unspecified atom stereocenters. The predicted octanol–water partition coefficient (Wildman–Crippen LogP) is 5.07. The number of amides is 1. The zero-order chi connectivity index (χ0) is 15.6. The summed E-state index contributed by atoms with van der Waals surface area (Å²) in [6, 6.07) is 11.7. The highest BCUT2D eigenvalue weighted by molar-refractivity contribution is 9.10. The Kier molecular flexibility index (Phi) is 5.01. The largest absolute Gasteiger partial charge is 0.335 e. The Balaban J connectivity index is 2.31. The van der Waals surface area contributed by atoms with Crippen LogP contribution >= 0.6 is 27.5 Å². The van der Waals surface area contributed by atoms with E-state index in [1.807, 2.05) is 25.1 Å². The molecule has 0 bridgehead atoms. The number of halogens is 3. The third-order valence-corrected chi connectivity index (χ3v) is 4.40. The van der Waals surface area contributed by atoms with E-state index in [9.17, 15) is 9.18 Å². The monoisotopic (exact) mass is 369 g/mol. The van der Waals surface area contributed by atoms with E-state index in [2.05, 4.69) is 15.9 Å². The number of rotatable bonds is 3. The van der Waals surface area contributed by atoms with Crippen molar-refractivity contribution in [3.05, 3.63) is 68.9 Å². The van der Waals surface area contributed by atoms with Crippen LogP contribution in [-0.4, -0.2) is 17.9 Å². The maximum Gasteiger partial charge on any atom is 0.257 e. The summed E-state index contributed by atoms with van der Waals surface area (Å²) in [4.78, 5) is 13.9. The number of carbonyl (C=O) groups is 1. The van der Waals surface area contributed by atoms with Gasteiger partial charge >= 0.3 is 0 Å². The van der Waals surface area contributed by atoms with Gasteiger partial charge in [0.2, 0.25) is 0 Å². The zero-order valence-corrected chi connectivity index (χ0v) is 14.0. The maximum absolute atomic E-state index is 14.0. The van der Waals surface area contributed by atoms with Crippen LogP contribution in [0.2, 0.25) is 5.02 Å². The van der Waals surface area contributed by atoms with Crippen molar-refractivity contribution in [1.29, 1.82) is 0 Å². The molecule has 0 spiro atoms. The second kappa shape index (κ2) is 6.58. The third-order valence-electron chi connectivity index (χ3n) is 3.44. The SMILES string of the molecule is CC(c1ccccc1Cl)N(C)C(=O)c1cccc(Br)c1F. The van der Waals surface area contributed by atoms with Gasteiger partial charge in [-0.1, -0.05) is 35.9 Å². The maximum atomic E-state index is 14.0. The lowest BCUT2D eigenvalue weighted by Gasteiger charge is -2.26. The van der Waals surface area contributed by atoms with Crippen LogP contribution in [-0.2, 0) is 0 Å². The zero-order valence-electron chi connectivity index (χ0n) is 11.6. The van der Waals surface area contributed by atoms with E-state index >= 15 is 0 Å². The quantitative estimate of drug-likeness (QED) is 0.738. The molecule has 0 radical (unpaired) electrons. The lowest BCUT2D eigenvalue weighted by Crippen LogP contribution is -2.30. The number of hydrogen-bond donors (Lipinski definition) is 0. The number of carbonyl (C=O) groups excluding carboxylic acids is 1. The molecule has 1 amide bonds. The van der Waals surface area contributed by atoms with Crippen molar-refractivity contribution in [3.63, 3.8) is 0 Å². The molecule has 0 aliphatic carbocycles. The van der Waals surface area contributed by atoms with Crippen molar-refractivity contribution in [3.8, 4) is 0 Å². The van der Waals surface area contributed by atoms with E-state index in [0.717, 1.165) is 5.56 Å². The van der Waals surface area contributed by atoms with Gasteiger partial charge in [-0.3, -0.25) is 4.79 Å². The summed E-state index contributed by atoms with van der Waals surface area (Å²) in [6.45, 7) is 1.86. The molecule has 0 saturated carbocycles. The fourth-order valence-corrected chi connectivity index (χ4v) is 2.72. The second-order valence-electron chi connectivity index (χ2n) is 4.71. The van der Waals surface area contributed by atoms with Crippen LogP contribution in [0, 0.1) is 5.82 Å². The van der Waals surface area contributed by atoms with E-state index in [0.29, 0.717) is 5.02 Å². The van der Waals surface area contributed by atoms with Gasteiger partial charge in [0.25, 0.3) is 5.91 Å². The topological polar surface area (TPSA) is 20.3 Å². The van der Waals surface area contributed by atoms with Gasteiger partial charge in [-0.05, 0) is 46.6 Å². The van der Waals surface area contributed by atoms with E-state index in [-0.39, 0.29) is 22.0 Å². The Morgan fingerprint density at radius 2 is 1.90 bits per heavy atom. The van der Waals surface area contributed by atoms with Crippen molar-refractivity contribution in [2.75, 3.05) is 7.05 Å². The van der Waals surface area contributed by atoms with E-state index < -0.39 is 5.82 Å². The smallest absolute Gasteiger partial charge is 0.257 e. The van der Waals surface area contributed by atoms with Gasteiger partial charge in [0.1, 0.15) is 5.82 Å². The van der Waals surface area contributed by atoms with Crippen molar-refractivity contribution in [2.24, 2.45) is 0 Å². The average Bonchev–Trinajstić information content (AvgIpc) is 2.48. The fourth-order valence-electron chi connectivity index (χ4n) is 2.06. The minimum atomic E-state index is -0.555. The molecule has 2 nitrogen and oxygen atoms in total. The van der Waals surface area contributed by atoms with E-state index in [4.69, 9.17) is 11.6 Å². The molecule has 0 N–H and O–H groups in total. The summed E-state index contributed by atoms with van der Waals surface area (Å²) >= 11 is 9.24. The molecule has 2 aromatic carbocycles. The summed E-state index contributed by atoms with van der Waals surface area (Å²) in [5.41, 5.74) is 0.858. The Bertz CT molecular complexity index is 677. The van der Waals surface area contributed by atoms with Gasteiger partial charge in [0.15, 0.2) is 0 Å². The average molecular weight is 371 g/mol. The Morgan fingerprint density at radius 3 is 2.57 bits per heavy atom. The number of benzene rings is 2. The third kappa shape index (κ3) is 3.27. The van der Waals surface area contributed by atoms with Crippen molar-refractivity contribution in [1.82, 2.24) is 4.90 Å². The molecule has 0 saturated heterocycles. The van der Waals surface area contributed by atoms with Gasteiger partial charge in [-0.15, -0.1) is 0 Å². The molecule has 5 heteroatoms. The normalized spacial score (nSPS) is 12.0. The number of nitrogens with zero attached hydrogens (tertiary/aromatic N) is 1. The van der Waals surface area contributed by atoms with Gasteiger partial charge in [-0.2, -0.15) is 0 Å². The van der Waals surface area contributed by atoms with Gasteiger partial charge in [0, 0.05) is 12.1 Å². The van der Waals surface area contributed by atoms with Crippen molar-refractivity contribution >= 4 is 33.4 Å². The molecular weight excluding hydrogens is 357 g/mol. The van der Waals surface area contributed by atoms with Crippen LogP contribution in [0.1, 0.15) is 28.9 Å². The molecule has 1 atom stereocenters. The molecule has 2 aromatic rings. The van der Waals surface area contributed by atoms with Crippen molar-refractivity contribution < 1.29 is 9.18 Å². The molecule has 2 rings (SSSR count). The first kappa shape index (κ1) is 16.0. The lowest BCUT2D eigenvalue weighted by atomic mass is 10.1.